The van der Waals surface area contributed by atoms with Crippen LogP contribution in [0.2, 0.25) is 5.02 Å². The van der Waals surface area contributed by atoms with Crippen LogP contribution in [0.1, 0.15) is 66.0 Å². The molecule has 1 aliphatic rings. The van der Waals surface area contributed by atoms with E-state index in [0.29, 0.717) is 16.7 Å². The van der Waals surface area contributed by atoms with Crippen LogP contribution in [0.25, 0.3) is 16.5 Å². The maximum Gasteiger partial charge on any atom is 0.339 e. The molecular formula is C24H25ClN4O3. The molecule has 0 amide bonds. The first-order chi connectivity index (χ1) is 15.3. The van der Waals surface area contributed by atoms with E-state index < -0.39 is 5.97 Å². The smallest absolute Gasteiger partial charge is 0.339 e. The number of aromatic carboxylic acids is 1. The summed E-state index contributed by atoms with van der Waals surface area (Å²) in [5, 5.41) is 13.5. The third kappa shape index (κ3) is 4.12. The van der Waals surface area contributed by atoms with E-state index in [-0.39, 0.29) is 28.0 Å². The maximum atomic E-state index is 13.2. The van der Waals surface area contributed by atoms with E-state index in [1.165, 1.54) is 12.3 Å². The van der Waals surface area contributed by atoms with Gasteiger partial charge in [0.1, 0.15) is 17.2 Å². The van der Waals surface area contributed by atoms with Gasteiger partial charge < -0.3 is 10.4 Å². The number of allylic oxidation sites excluding steroid dienone is 2. The van der Waals surface area contributed by atoms with Crippen molar-refractivity contribution in [1.82, 2.24) is 14.5 Å². The molecule has 2 N–H and O–H groups in total. The highest BCUT2D eigenvalue weighted by Gasteiger charge is 2.21. The number of carboxylic acid groups (broad SMARTS) is 1. The van der Waals surface area contributed by atoms with E-state index >= 15 is 0 Å². The second kappa shape index (κ2) is 8.74. The fourth-order valence-corrected chi connectivity index (χ4v) is 4.37. The van der Waals surface area contributed by atoms with Crippen molar-refractivity contribution in [1.29, 1.82) is 0 Å². The van der Waals surface area contributed by atoms with Crippen molar-refractivity contribution in [3.63, 3.8) is 0 Å². The van der Waals surface area contributed by atoms with Crippen molar-refractivity contribution in [3.05, 3.63) is 68.4 Å². The first-order valence-corrected chi connectivity index (χ1v) is 11.0. The van der Waals surface area contributed by atoms with Gasteiger partial charge in [-0.05, 0) is 62.8 Å². The number of hydrogen-bond donors (Lipinski definition) is 2. The Morgan fingerprint density at radius 3 is 2.75 bits per heavy atom. The molecule has 1 aliphatic carbocycles. The molecule has 0 unspecified atom stereocenters. The lowest BCUT2D eigenvalue weighted by molar-refractivity contribution is 0.0697. The topological polar surface area (TPSA) is 97.1 Å². The molecule has 166 valence electrons. The number of nitrogens with zero attached hydrogens (tertiary/aromatic N) is 3. The van der Waals surface area contributed by atoms with E-state index in [4.69, 9.17) is 16.6 Å². The molecule has 0 bridgehead atoms. The van der Waals surface area contributed by atoms with Crippen LogP contribution in [-0.4, -0.2) is 25.6 Å². The number of aryl methyl sites for hydroxylation is 1. The van der Waals surface area contributed by atoms with Crippen molar-refractivity contribution in [2.45, 2.75) is 45.6 Å². The number of anilines is 1. The van der Waals surface area contributed by atoms with Crippen LogP contribution in [0.4, 0.5) is 5.82 Å². The van der Waals surface area contributed by atoms with Gasteiger partial charge in [-0.15, -0.1) is 0 Å². The number of hydrogen-bond acceptors (Lipinski definition) is 5. The van der Waals surface area contributed by atoms with Gasteiger partial charge in [0.2, 0.25) is 0 Å². The van der Waals surface area contributed by atoms with Crippen LogP contribution in [0.15, 0.2) is 35.3 Å². The molecular weight excluding hydrogens is 428 g/mol. The number of carbonyl (C=O) groups is 1. The minimum atomic E-state index is -1.12. The highest BCUT2D eigenvalue weighted by Crippen LogP contribution is 2.30. The Morgan fingerprint density at radius 1 is 1.28 bits per heavy atom. The lowest BCUT2D eigenvalue weighted by Gasteiger charge is -2.21. The van der Waals surface area contributed by atoms with Gasteiger partial charge in [0.05, 0.1) is 22.0 Å². The van der Waals surface area contributed by atoms with E-state index in [1.807, 2.05) is 26.0 Å². The standard InChI is InChI=1S/C24H25ClN4O3/c1-13-9-17(14(2)27-21-19(24(31)32)11-16(25)12-26-21)20-18(10-13)23(30)29(3)22(28-20)15-7-5-4-6-8-15/h7,9-12,14H,4-6,8H2,1-3H3,(H,26,27)(H,31,32)/t14-/m1/s1. The lowest BCUT2D eigenvalue weighted by atomic mass is 9.97. The van der Waals surface area contributed by atoms with Crippen molar-refractivity contribution in [2.75, 3.05) is 5.32 Å². The van der Waals surface area contributed by atoms with E-state index in [9.17, 15) is 14.7 Å². The zero-order valence-corrected chi connectivity index (χ0v) is 19.0. The zero-order valence-electron chi connectivity index (χ0n) is 18.3. The van der Waals surface area contributed by atoms with Gasteiger partial charge in [0.15, 0.2) is 0 Å². The Bertz CT molecular complexity index is 1310. The minimum absolute atomic E-state index is 0.0155. The monoisotopic (exact) mass is 452 g/mol. The van der Waals surface area contributed by atoms with Gasteiger partial charge >= 0.3 is 5.97 Å². The molecule has 8 heteroatoms. The predicted octanol–water partition coefficient (Wildman–Crippen LogP) is 5.12. The Labute approximate surface area is 190 Å². The summed E-state index contributed by atoms with van der Waals surface area (Å²) in [7, 11) is 1.76. The van der Waals surface area contributed by atoms with Crippen LogP contribution >= 0.6 is 11.6 Å². The Kier molecular flexibility index (Phi) is 6.02. The highest BCUT2D eigenvalue weighted by atomic mass is 35.5. The molecule has 1 aromatic carbocycles. The summed E-state index contributed by atoms with van der Waals surface area (Å²) in [6.07, 6.45) is 7.69. The molecule has 0 aliphatic heterocycles. The Balaban J connectivity index is 1.85. The SMILES string of the molecule is Cc1cc([C@@H](C)Nc2ncc(Cl)cc2C(=O)O)c2nc(C3=CCCCC3)n(C)c(=O)c2c1. The number of fused-ring (bicyclic) bond motifs is 1. The quantitative estimate of drug-likeness (QED) is 0.557. The number of nitrogens with one attached hydrogen (secondary N) is 1. The number of rotatable bonds is 5. The predicted molar refractivity (Wildman–Crippen MR) is 126 cm³/mol. The van der Waals surface area contributed by atoms with Gasteiger partial charge in [-0.1, -0.05) is 23.7 Å². The molecule has 2 heterocycles. The Hall–Kier alpha value is -3.19. The second-order valence-corrected chi connectivity index (χ2v) is 8.68. The van der Waals surface area contributed by atoms with Gasteiger partial charge in [-0.25, -0.2) is 14.8 Å². The molecule has 32 heavy (non-hydrogen) atoms. The molecule has 0 saturated heterocycles. The lowest BCUT2D eigenvalue weighted by Crippen LogP contribution is -2.24. The third-order valence-corrected chi connectivity index (χ3v) is 6.04. The molecule has 0 saturated carbocycles. The molecule has 2 aromatic heterocycles. The molecule has 1 atom stereocenters. The molecule has 0 radical (unpaired) electrons. The third-order valence-electron chi connectivity index (χ3n) is 5.84. The van der Waals surface area contributed by atoms with Gasteiger partial charge in [-0.2, -0.15) is 0 Å². The van der Waals surface area contributed by atoms with E-state index in [1.54, 1.807) is 11.6 Å². The molecule has 0 fully saturated rings. The summed E-state index contributed by atoms with van der Waals surface area (Å²) in [5.74, 6) is -0.222. The van der Waals surface area contributed by atoms with E-state index in [2.05, 4.69) is 16.4 Å². The van der Waals surface area contributed by atoms with Crippen molar-refractivity contribution >= 4 is 39.9 Å². The summed E-state index contributed by atoms with van der Waals surface area (Å²) in [4.78, 5) is 34.0. The Morgan fingerprint density at radius 2 is 2.06 bits per heavy atom. The minimum Gasteiger partial charge on any atom is -0.478 e. The highest BCUT2D eigenvalue weighted by molar-refractivity contribution is 6.30. The van der Waals surface area contributed by atoms with Crippen molar-refractivity contribution < 1.29 is 9.90 Å². The van der Waals surface area contributed by atoms with Gasteiger partial charge in [0.25, 0.3) is 5.56 Å². The summed E-state index contributed by atoms with van der Waals surface area (Å²) < 4.78 is 1.63. The molecule has 7 nitrogen and oxygen atoms in total. The summed E-state index contributed by atoms with van der Waals surface area (Å²) >= 11 is 5.93. The number of pyridine rings is 1. The average Bonchev–Trinajstić information content (AvgIpc) is 2.77. The maximum absolute atomic E-state index is 13.2. The largest absolute Gasteiger partial charge is 0.478 e. The van der Waals surface area contributed by atoms with Crippen LogP contribution in [0.5, 0.6) is 0 Å². The van der Waals surface area contributed by atoms with Crippen molar-refractivity contribution in [3.8, 4) is 0 Å². The van der Waals surface area contributed by atoms with Crippen LogP contribution in [-0.2, 0) is 7.05 Å². The zero-order chi connectivity index (χ0) is 23.0. The molecule has 0 spiro atoms. The summed E-state index contributed by atoms with van der Waals surface area (Å²) in [6, 6.07) is 4.84. The number of halogens is 1. The number of carboxylic acids is 1. The number of benzene rings is 1. The van der Waals surface area contributed by atoms with Crippen LogP contribution < -0.4 is 10.9 Å². The first-order valence-electron chi connectivity index (χ1n) is 10.6. The van der Waals surface area contributed by atoms with Crippen LogP contribution in [0, 0.1) is 6.92 Å². The fraction of sp³-hybridized carbons (Fsp3) is 0.333. The molecule has 3 aromatic rings. The number of aromatic nitrogens is 3. The average molecular weight is 453 g/mol. The first kappa shape index (κ1) is 22.0. The normalized spacial score (nSPS) is 14.8. The molecule has 4 rings (SSSR count). The van der Waals surface area contributed by atoms with Crippen LogP contribution in [0.3, 0.4) is 0 Å². The van der Waals surface area contributed by atoms with Gasteiger partial charge in [0, 0.05) is 18.8 Å². The fourth-order valence-electron chi connectivity index (χ4n) is 4.21. The van der Waals surface area contributed by atoms with Crippen molar-refractivity contribution in [2.24, 2.45) is 7.05 Å². The van der Waals surface area contributed by atoms with E-state index in [0.717, 1.165) is 42.4 Å². The summed E-state index contributed by atoms with van der Waals surface area (Å²) in [5.41, 5.74) is 3.33. The summed E-state index contributed by atoms with van der Waals surface area (Å²) in [6.45, 7) is 3.82. The van der Waals surface area contributed by atoms with Gasteiger partial charge in [-0.3, -0.25) is 9.36 Å². The second-order valence-electron chi connectivity index (χ2n) is 8.25.